The van der Waals surface area contributed by atoms with E-state index in [1.165, 1.54) is 6.42 Å². The molecule has 1 aliphatic rings. The summed E-state index contributed by atoms with van der Waals surface area (Å²) in [7, 11) is 0. The maximum Gasteiger partial charge on any atom is 0.314 e. The first-order chi connectivity index (χ1) is 8.21. The van der Waals surface area contributed by atoms with Gasteiger partial charge in [0.1, 0.15) is 0 Å². The number of carboxylic acids is 1. The molecule has 1 aliphatic carbocycles. The highest BCUT2D eigenvalue weighted by atomic mass is 16.4. The van der Waals surface area contributed by atoms with Crippen LogP contribution < -0.4 is 0 Å². The fourth-order valence-corrected chi connectivity index (χ4v) is 3.32. The second kappa shape index (κ2) is 4.91. The minimum atomic E-state index is -0.645. The van der Waals surface area contributed by atoms with Crippen LogP contribution in [-0.4, -0.2) is 11.1 Å². The van der Waals surface area contributed by atoms with Gasteiger partial charge in [0.2, 0.25) is 0 Å². The van der Waals surface area contributed by atoms with Crippen molar-refractivity contribution in [1.29, 1.82) is 0 Å². The first-order valence-corrected chi connectivity index (χ1v) is 6.50. The molecule has 2 nitrogen and oxygen atoms in total. The summed E-state index contributed by atoms with van der Waals surface area (Å²) in [5.41, 5.74) is 0.341. The molecule has 2 atom stereocenters. The van der Waals surface area contributed by atoms with Gasteiger partial charge in [-0.3, -0.25) is 4.79 Å². The van der Waals surface area contributed by atoms with Gasteiger partial charge in [-0.1, -0.05) is 56.5 Å². The number of hydrogen-bond donors (Lipinski definition) is 1. The number of carbonyl (C=O) groups is 1. The van der Waals surface area contributed by atoms with Crippen LogP contribution in [-0.2, 0) is 10.2 Å². The van der Waals surface area contributed by atoms with Crippen molar-refractivity contribution in [2.75, 3.05) is 0 Å². The molecule has 0 amide bonds. The molecule has 1 aromatic carbocycles. The topological polar surface area (TPSA) is 37.3 Å². The molecule has 1 N–H and O–H groups in total. The van der Waals surface area contributed by atoms with Gasteiger partial charge in [0.05, 0.1) is 5.41 Å². The summed E-state index contributed by atoms with van der Waals surface area (Å²) in [5, 5.41) is 9.74. The monoisotopic (exact) mass is 232 g/mol. The zero-order chi connectivity index (χ0) is 12.3. The predicted molar refractivity (Wildman–Crippen MR) is 68.0 cm³/mol. The third-order valence-corrected chi connectivity index (χ3v) is 4.23. The molecule has 0 bridgehead atoms. The van der Waals surface area contributed by atoms with E-state index in [1.807, 2.05) is 30.3 Å². The van der Waals surface area contributed by atoms with Crippen LogP contribution in [0.5, 0.6) is 0 Å². The second-order valence-corrected chi connectivity index (χ2v) is 4.99. The van der Waals surface area contributed by atoms with Gasteiger partial charge >= 0.3 is 5.97 Å². The van der Waals surface area contributed by atoms with Crippen LogP contribution >= 0.6 is 0 Å². The van der Waals surface area contributed by atoms with Crippen LogP contribution in [0, 0.1) is 5.92 Å². The maximum atomic E-state index is 11.8. The largest absolute Gasteiger partial charge is 0.481 e. The SMILES string of the molecule is CCC1CCCCC1(C(=O)O)c1ccccc1. The predicted octanol–water partition coefficient (Wildman–Crippen LogP) is 3.61. The molecular formula is C15H20O2. The van der Waals surface area contributed by atoms with E-state index in [-0.39, 0.29) is 5.92 Å². The van der Waals surface area contributed by atoms with Gasteiger partial charge in [-0.2, -0.15) is 0 Å². The van der Waals surface area contributed by atoms with Crippen molar-refractivity contribution in [2.24, 2.45) is 5.92 Å². The number of aliphatic carboxylic acids is 1. The van der Waals surface area contributed by atoms with Crippen molar-refractivity contribution >= 4 is 5.97 Å². The molecule has 0 aliphatic heterocycles. The van der Waals surface area contributed by atoms with E-state index >= 15 is 0 Å². The molecule has 1 aromatic rings. The van der Waals surface area contributed by atoms with E-state index in [0.717, 1.165) is 31.2 Å². The Balaban J connectivity index is 2.47. The first kappa shape index (κ1) is 12.2. The van der Waals surface area contributed by atoms with E-state index in [4.69, 9.17) is 0 Å². The van der Waals surface area contributed by atoms with E-state index < -0.39 is 11.4 Å². The average molecular weight is 232 g/mol. The van der Waals surface area contributed by atoms with E-state index in [9.17, 15) is 9.90 Å². The number of carboxylic acid groups (broad SMARTS) is 1. The molecule has 0 aromatic heterocycles. The zero-order valence-electron chi connectivity index (χ0n) is 10.4. The summed E-state index contributed by atoms with van der Waals surface area (Å²) in [4.78, 5) is 11.8. The van der Waals surface area contributed by atoms with Crippen molar-refractivity contribution in [3.63, 3.8) is 0 Å². The normalized spacial score (nSPS) is 28.9. The summed E-state index contributed by atoms with van der Waals surface area (Å²) in [6, 6.07) is 9.79. The second-order valence-electron chi connectivity index (χ2n) is 4.99. The Labute approximate surface area is 103 Å². The summed E-state index contributed by atoms with van der Waals surface area (Å²) < 4.78 is 0. The van der Waals surface area contributed by atoms with Gasteiger partial charge in [-0.15, -0.1) is 0 Å². The fraction of sp³-hybridized carbons (Fsp3) is 0.533. The maximum absolute atomic E-state index is 11.8. The van der Waals surface area contributed by atoms with Crippen LogP contribution in [0.25, 0.3) is 0 Å². The Bertz CT molecular complexity index is 385. The van der Waals surface area contributed by atoms with E-state index in [2.05, 4.69) is 6.92 Å². The molecule has 0 spiro atoms. The zero-order valence-corrected chi connectivity index (χ0v) is 10.4. The highest BCUT2D eigenvalue weighted by Gasteiger charge is 2.47. The summed E-state index contributed by atoms with van der Waals surface area (Å²) in [5.74, 6) is -0.369. The Kier molecular flexibility index (Phi) is 3.51. The molecule has 92 valence electrons. The molecule has 1 saturated carbocycles. The standard InChI is InChI=1S/C15H20O2/c1-2-12-8-6-7-11-15(12,14(16)17)13-9-4-3-5-10-13/h3-5,9-10,12H,2,6-8,11H2,1H3,(H,16,17). The van der Waals surface area contributed by atoms with Gasteiger partial charge < -0.3 is 5.11 Å². The Morgan fingerprint density at radius 1 is 1.35 bits per heavy atom. The number of rotatable bonds is 3. The lowest BCUT2D eigenvalue weighted by Crippen LogP contribution is -2.45. The first-order valence-electron chi connectivity index (χ1n) is 6.50. The Hall–Kier alpha value is -1.31. The molecule has 0 saturated heterocycles. The lowest BCUT2D eigenvalue weighted by molar-refractivity contribution is -0.148. The molecule has 2 heteroatoms. The lowest BCUT2D eigenvalue weighted by Gasteiger charge is -2.41. The smallest absolute Gasteiger partial charge is 0.314 e. The Morgan fingerprint density at radius 3 is 2.65 bits per heavy atom. The van der Waals surface area contributed by atoms with Gasteiger partial charge in [0, 0.05) is 0 Å². The number of hydrogen-bond acceptors (Lipinski definition) is 1. The minimum absolute atomic E-state index is 0.274. The van der Waals surface area contributed by atoms with Crippen molar-refractivity contribution in [2.45, 2.75) is 44.4 Å². The summed E-state index contributed by atoms with van der Waals surface area (Å²) in [6.45, 7) is 2.11. The number of benzene rings is 1. The van der Waals surface area contributed by atoms with E-state index in [1.54, 1.807) is 0 Å². The van der Waals surface area contributed by atoms with Crippen LogP contribution in [0.1, 0.15) is 44.6 Å². The molecule has 2 unspecified atom stereocenters. The summed E-state index contributed by atoms with van der Waals surface area (Å²) in [6.07, 6.45) is 4.96. The van der Waals surface area contributed by atoms with Gasteiger partial charge in [0.25, 0.3) is 0 Å². The quantitative estimate of drug-likeness (QED) is 0.864. The van der Waals surface area contributed by atoms with E-state index in [0.29, 0.717) is 0 Å². The third kappa shape index (κ3) is 1.97. The van der Waals surface area contributed by atoms with Crippen molar-refractivity contribution in [1.82, 2.24) is 0 Å². The highest BCUT2D eigenvalue weighted by Crippen LogP contribution is 2.45. The minimum Gasteiger partial charge on any atom is -0.481 e. The fourth-order valence-electron chi connectivity index (χ4n) is 3.32. The van der Waals surface area contributed by atoms with Crippen LogP contribution in [0.3, 0.4) is 0 Å². The van der Waals surface area contributed by atoms with Gasteiger partial charge in [-0.25, -0.2) is 0 Å². The molecule has 2 rings (SSSR count). The lowest BCUT2D eigenvalue weighted by atomic mass is 9.61. The highest BCUT2D eigenvalue weighted by molar-refractivity contribution is 5.82. The average Bonchev–Trinajstić information content (AvgIpc) is 2.39. The Morgan fingerprint density at radius 2 is 2.06 bits per heavy atom. The van der Waals surface area contributed by atoms with Gasteiger partial charge in [-0.05, 0) is 24.3 Å². The van der Waals surface area contributed by atoms with Crippen molar-refractivity contribution in [3.05, 3.63) is 35.9 Å². The molecule has 1 fully saturated rings. The van der Waals surface area contributed by atoms with Gasteiger partial charge in [0.15, 0.2) is 0 Å². The third-order valence-electron chi connectivity index (χ3n) is 4.23. The molecule has 0 heterocycles. The summed E-state index contributed by atoms with van der Waals surface area (Å²) >= 11 is 0. The molecule has 17 heavy (non-hydrogen) atoms. The molecular weight excluding hydrogens is 212 g/mol. The van der Waals surface area contributed by atoms with Crippen LogP contribution in [0.4, 0.5) is 0 Å². The van der Waals surface area contributed by atoms with Crippen LogP contribution in [0.15, 0.2) is 30.3 Å². The van der Waals surface area contributed by atoms with Crippen molar-refractivity contribution < 1.29 is 9.90 Å². The molecule has 0 radical (unpaired) electrons. The van der Waals surface area contributed by atoms with Crippen molar-refractivity contribution in [3.8, 4) is 0 Å². The van der Waals surface area contributed by atoms with Crippen LogP contribution in [0.2, 0.25) is 0 Å².